The smallest absolute Gasteiger partial charge is 0.262 e. The van der Waals surface area contributed by atoms with Crippen molar-refractivity contribution in [3.63, 3.8) is 0 Å². The van der Waals surface area contributed by atoms with Crippen molar-refractivity contribution in [2.75, 3.05) is 17.7 Å². The second-order valence-corrected chi connectivity index (χ2v) is 5.81. The molecule has 0 bridgehead atoms. The lowest BCUT2D eigenvalue weighted by Gasteiger charge is -2.12. The molecule has 6 heteroatoms. The summed E-state index contributed by atoms with van der Waals surface area (Å²) in [5.74, 6) is 0.561. The lowest BCUT2D eigenvalue weighted by atomic mass is 10.2. The second kappa shape index (κ2) is 8.71. The third-order valence-corrected chi connectivity index (χ3v) is 3.73. The molecular formula is C21H19FN2O3. The number of halogens is 1. The Bertz CT molecular complexity index is 899. The molecule has 138 valence electrons. The molecule has 3 N–H and O–H groups in total. The van der Waals surface area contributed by atoms with Gasteiger partial charge in [0.25, 0.3) is 5.91 Å². The Morgan fingerprint density at radius 1 is 0.926 bits per heavy atom. The zero-order chi connectivity index (χ0) is 19.1. The first-order valence-corrected chi connectivity index (χ1v) is 8.34. The highest BCUT2D eigenvalue weighted by Gasteiger charge is 2.08. The van der Waals surface area contributed by atoms with Crippen LogP contribution < -0.4 is 20.5 Å². The first-order valence-electron chi connectivity index (χ1n) is 8.34. The van der Waals surface area contributed by atoms with Crippen LogP contribution in [0.5, 0.6) is 11.5 Å². The monoisotopic (exact) mass is 366 g/mol. The van der Waals surface area contributed by atoms with Crippen LogP contribution in [0.4, 0.5) is 15.8 Å². The molecule has 0 aliphatic heterocycles. The molecule has 0 aliphatic rings. The Labute approximate surface area is 156 Å². The van der Waals surface area contributed by atoms with Crippen molar-refractivity contribution >= 4 is 17.3 Å². The number of anilines is 2. The van der Waals surface area contributed by atoms with Crippen molar-refractivity contribution < 1.29 is 18.7 Å². The number of carbonyl (C=O) groups is 1. The molecule has 3 aromatic carbocycles. The van der Waals surface area contributed by atoms with E-state index in [9.17, 15) is 9.18 Å². The number of hydrogen-bond acceptors (Lipinski definition) is 4. The fraction of sp³-hybridized carbons (Fsp3) is 0.0952. The Morgan fingerprint density at radius 2 is 1.67 bits per heavy atom. The molecule has 0 saturated carbocycles. The van der Waals surface area contributed by atoms with Gasteiger partial charge in [0.1, 0.15) is 23.9 Å². The molecule has 0 fully saturated rings. The largest absolute Gasteiger partial charge is 0.489 e. The molecule has 0 heterocycles. The number of rotatable bonds is 7. The van der Waals surface area contributed by atoms with Gasteiger partial charge in [-0.25, -0.2) is 4.39 Å². The molecule has 1 amide bonds. The van der Waals surface area contributed by atoms with Crippen LogP contribution in [0.25, 0.3) is 0 Å². The van der Waals surface area contributed by atoms with Crippen molar-refractivity contribution in [3.8, 4) is 11.5 Å². The fourth-order valence-electron chi connectivity index (χ4n) is 2.34. The number of amides is 1. The van der Waals surface area contributed by atoms with Gasteiger partial charge in [-0.15, -0.1) is 0 Å². The van der Waals surface area contributed by atoms with E-state index in [0.717, 1.165) is 5.56 Å². The van der Waals surface area contributed by atoms with Gasteiger partial charge in [-0.3, -0.25) is 4.79 Å². The summed E-state index contributed by atoms with van der Waals surface area (Å²) in [5.41, 5.74) is 7.67. The topological polar surface area (TPSA) is 73.6 Å². The van der Waals surface area contributed by atoms with Gasteiger partial charge in [-0.05, 0) is 42.0 Å². The van der Waals surface area contributed by atoms with Gasteiger partial charge in [0.05, 0.1) is 11.4 Å². The predicted octanol–water partition coefficient (Wildman–Crippen LogP) is 4.00. The lowest BCUT2D eigenvalue weighted by Crippen LogP contribution is -2.20. The summed E-state index contributed by atoms with van der Waals surface area (Å²) in [7, 11) is 0. The minimum atomic E-state index is -0.314. The maximum absolute atomic E-state index is 12.9. The van der Waals surface area contributed by atoms with Crippen LogP contribution in [-0.4, -0.2) is 12.5 Å². The van der Waals surface area contributed by atoms with E-state index in [4.69, 9.17) is 15.2 Å². The molecule has 5 nitrogen and oxygen atoms in total. The molecule has 3 aromatic rings. The van der Waals surface area contributed by atoms with E-state index < -0.39 is 0 Å². The van der Waals surface area contributed by atoms with Crippen LogP contribution >= 0.6 is 0 Å². The first kappa shape index (κ1) is 18.3. The molecule has 0 radical (unpaired) electrons. The Hall–Kier alpha value is -3.54. The number of nitrogen functional groups attached to an aromatic ring is 1. The van der Waals surface area contributed by atoms with Crippen LogP contribution in [-0.2, 0) is 11.4 Å². The second-order valence-electron chi connectivity index (χ2n) is 5.81. The van der Waals surface area contributed by atoms with E-state index in [1.54, 1.807) is 42.5 Å². The standard InChI is InChI=1S/C21H19FN2O3/c22-16-8-6-15(7-9-16)13-26-18-10-11-20(19(23)12-18)24-21(25)14-27-17-4-2-1-3-5-17/h1-12H,13-14,23H2,(H,24,25). The van der Waals surface area contributed by atoms with E-state index in [2.05, 4.69) is 5.32 Å². The zero-order valence-electron chi connectivity index (χ0n) is 14.5. The molecule has 27 heavy (non-hydrogen) atoms. The van der Waals surface area contributed by atoms with Crippen LogP contribution in [0.1, 0.15) is 5.56 Å². The van der Waals surface area contributed by atoms with Gasteiger partial charge >= 0.3 is 0 Å². The predicted molar refractivity (Wildman–Crippen MR) is 102 cm³/mol. The molecule has 3 rings (SSSR count). The summed E-state index contributed by atoms with van der Waals surface area (Å²) in [5, 5.41) is 2.70. The lowest BCUT2D eigenvalue weighted by molar-refractivity contribution is -0.118. The molecular weight excluding hydrogens is 347 g/mol. The fourth-order valence-corrected chi connectivity index (χ4v) is 2.34. The number of ether oxygens (including phenoxy) is 2. The number of para-hydroxylation sites is 1. The van der Waals surface area contributed by atoms with Crippen LogP contribution in [0, 0.1) is 5.82 Å². The third kappa shape index (κ3) is 5.47. The number of carbonyl (C=O) groups excluding carboxylic acids is 1. The highest BCUT2D eigenvalue weighted by molar-refractivity contribution is 5.95. The number of nitrogens with two attached hydrogens (primary N) is 1. The molecule has 0 aromatic heterocycles. The molecule has 0 atom stereocenters. The Balaban J connectivity index is 1.52. The van der Waals surface area contributed by atoms with Crippen molar-refractivity contribution in [2.24, 2.45) is 0 Å². The van der Waals surface area contributed by atoms with E-state index in [-0.39, 0.29) is 24.9 Å². The van der Waals surface area contributed by atoms with Gasteiger partial charge < -0.3 is 20.5 Å². The normalized spacial score (nSPS) is 10.3. The van der Waals surface area contributed by atoms with Crippen LogP contribution in [0.2, 0.25) is 0 Å². The number of hydrogen-bond donors (Lipinski definition) is 2. The average Bonchev–Trinajstić information content (AvgIpc) is 2.69. The average molecular weight is 366 g/mol. The zero-order valence-corrected chi connectivity index (χ0v) is 14.5. The van der Waals surface area contributed by atoms with E-state index in [1.165, 1.54) is 12.1 Å². The van der Waals surface area contributed by atoms with Crippen molar-refractivity contribution in [3.05, 3.63) is 84.2 Å². The Morgan fingerprint density at radius 3 is 2.37 bits per heavy atom. The molecule has 0 spiro atoms. The summed E-state index contributed by atoms with van der Waals surface area (Å²) in [6.07, 6.45) is 0. The molecule has 0 saturated heterocycles. The number of nitrogens with one attached hydrogen (secondary N) is 1. The van der Waals surface area contributed by atoms with Crippen LogP contribution in [0.3, 0.4) is 0 Å². The third-order valence-electron chi connectivity index (χ3n) is 3.73. The SMILES string of the molecule is Nc1cc(OCc2ccc(F)cc2)ccc1NC(=O)COc1ccccc1. The first-order chi connectivity index (χ1) is 13.1. The highest BCUT2D eigenvalue weighted by Crippen LogP contribution is 2.25. The van der Waals surface area contributed by atoms with Gasteiger partial charge in [0.15, 0.2) is 6.61 Å². The van der Waals surface area contributed by atoms with E-state index in [0.29, 0.717) is 22.9 Å². The highest BCUT2D eigenvalue weighted by atomic mass is 19.1. The summed E-state index contributed by atoms with van der Waals surface area (Å²) in [4.78, 5) is 12.0. The van der Waals surface area contributed by atoms with Gasteiger partial charge in [0.2, 0.25) is 0 Å². The van der Waals surface area contributed by atoms with Gasteiger partial charge in [-0.1, -0.05) is 30.3 Å². The maximum Gasteiger partial charge on any atom is 0.262 e. The van der Waals surface area contributed by atoms with Gasteiger partial charge in [0, 0.05) is 6.07 Å². The van der Waals surface area contributed by atoms with Crippen molar-refractivity contribution in [2.45, 2.75) is 6.61 Å². The molecule has 0 aliphatic carbocycles. The number of benzene rings is 3. The quantitative estimate of drug-likeness (QED) is 0.620. The molecule has 0 unspecified atom stereocenters. The van der Waals surface area contributed by atoms with E-state index in [1.807, 2.05) is 18.2 Å². The Kier molecular flexibility index (Phi) is 5.89. The summed E-state index contributed by atoms with van der Waals surface area (Å²) >= 11 is 0. The van der Waals surface area contributed by atoms with Crippen LogP contribution in [0.15, 0.2) is 72.8 Å². The minimum absolute atomic E-state index is 0.119. The van der Waals surface area contributed by atoms with E-state index >= 15 is 0 Å². The van der Waals surface area contributed by atoms with Crippen molar-refractivity contribution in [1.29, 1.82) is 0 Å². The maximum atomic E-state index is 12.9. The summed E-state index contributed by atoms with van der Waals surface area (Å²) in [6.45, 7) is 0.169. The van der Waals surface area contributed by atoms with Gasteiger partial charge in [-0.2, -0.15) is 0 Å². The summed E-state index contributed by atoms with van der Waals surface area (Å²) < 4.78 is 23.9. The summed E-state index contributed by atoms with van der Waals surface area (Å²) in [6, 6.07) is 20.1. The van der Waals surface area contributed by atoms with Crippen molar-refractivity contribution in [1.82, 2.24) is 0 Å². The minimum Gasteiger partial charge on any atom is -0.489 e.